The van der Waals surface area contributed by atoms with E-state index in [-0.39, 0.29) is 29.8 Å². The highest BCUT2D eigenvalue weighted by Crippen LogP contribution is 2.28. The zero-order valence-corrected chi connectivity index (χ0v) is 16.2. The molecule has 10 heteroatoms. The van der Waals surface area contributed by atoms with E-state index in [4.69, 9.17) is 4.74 Å². The van der Waals surface area contributed by atoms with Crippen molar-refractivity contribution in [3.8, 4) is 5.75 Å². The number of carbonyl (C=O) groups is 2. The van der Waals surface area contributed by atoms with E-state index in [2.05, 4.69) is 10.6 Å². The predicted octanol–water partition coefficient (Wildman–Crippen LogP) is 1.22. The van der Waals surface area contributed by atoms with Gasteiger partial charge in [-0.05, 0) is 37.3 Å². The van der Waals surface area contributed by atoms with Crippen LogP contribution in [0.5, 0.6) is 5.75 Å². The molecule has 2 rings (SSSR count). The number of nitrogens with one attached hydrogen (secondary N) is 3. The van der Waals surface area contributed by atoms with Gasteiger partial charge in [0, 0.05) is 11.8 Å². The number of likely N-dealkylation sites (N-methyl/N-ethyl adjacent to an activating group) is 1. The van der Waals surface area contributed by atoms with Crippen molar-refractivity contribution >= 4 is 28.9 Å². The molecule has 0 fully saturated rings. The fraction of sp³-hybridized carbons (Fsp3) is 0.263. The number of halogens is 1. The molecule has 1 unspecified atom stereocenters. The highest BCUT2D eigenvalue weighted by molar-refractivity contribution is 5.95. The van der Waals surface area contributed by atoms with E-state index in [0.717, 1.165) is 0 Å². The molecule has 0 heterocycles. The van der Waals surface area contributed by atoms with Crippen LogP contribution in [0.4, 0.5) is 21.5 Å². The van der Waals surface area contributed by atoms with Crippen molar-refractivity contribution in [2.75, 3.05) is 31.3 Å². The van der Waals surface area contributed by atoms with Gasteiger partial charge in [0.2, 0.25) is 0 Å². The van der Waals surface area contributed by atoms with Crippen LogP contribution in [0.2, 0.25) is 0 Å². The van der Waals surface area contributed by atoms with Crippen LogP contribution in [0.1, 0.15) is 6.92 Å². The molecule has 0 aliphatic heterocycles. The average Bonchev–Trinajstić information content (AvgIpc) is 2.69. The maximum Gasteiger partial charge on any atom is 0.282 e. The highest BCUT2D eigenvalue weighted by Gasteiger charge is 2.25. The number of benzene rings is 2. The highest BCUT2D eigenvalue weighted by atomic mass is 19.1. The Morgan fingerprint density at radius 3 is 2.45 bits per heavy atom. The van der Waals surface area contributed by atoms with E-state index in [0.29, 0.717) is 16.3 Å². The van der Waals surface area contributed by atoms with E-state index < -0.39 is 16.8 Å². The van der Waals surface area contributed by atoms with Gasteiger partial charge >= 0.3 is 0 Å². The minimum absolute atomic E-state index is 0.00333. The van der Waals surface area contributed by atoms with Crippen molar-refractivity contribution in [2.24, 2.45) is 0 Å². The van der Waals surface area contributed by atoms with Crippen LogP contribution >= 0.6 is 0 Å². The summed E-state index contributed by atoms with van der Waals surface area (Å²) >= 11 is 0. The first kappa shape index (κ1) is 21.8. The number of ether oxygens (including phenoxy) is 1. The van der Waals surface area contributed by atoms with Gasteiger partial charge in [-0.25, -0.2) is 4.39 Å². The van der Waals surface area contributed by atoms with Crippen LogP contribution in [0.3, 0.4) is 0 Å². The third-order valence-electron chi connectivity index (χ3n) is 4.35. The Morgan fingerprint density at radius 2 is 1.86 bits per heavy atom. The smallest absolute Gasteiger partial charge is 0.282 e. The van der Waals surface area contributed by atoms with Crippen LogP contribution in [-0.2, 0) is 9.59 Å². The summed E-state index contributed by atoms with van der Waals surface area (Å²) < 4.78 is 18.0. The van der Waals surface area contributed by atoms with Gasteiger partial charge in [0.15, 0.2) is 12.6 Å². The lowest BCUT2D eigenvalue weighted by atomic mass is 10.2. The maximum atomic E-state index is 12.9. The molecule has 29 heavy (non-hydrogen) atoms. The number of anilines is 2. The third kappa shape index (κ3) is 5.98. The van der Waals surface area contributed by atoms with Crippen molar-refractivity contribution in [3.63, 3.8) is 0 Å². The first-order valence-electron chi connectivity index (χ1n) is 8.72. The molecule has 0 saturated carbocycles. The van der Waals surface area contributed by atoms with E-state index in [1.165, 1.54) is 49.6 Å². The van der Waals surface area contributed by atoms with Crippen molar-refractivity contribution in [1.82, 2.24) is 0 Å². The summed E-state index contributed by atoms with van der Waals surface area (Å²) in [6.07, 6.45) is 0. The van der Waals surface area contributed by atoms with Gasteiger partial charge in [0.05, 0.1) is 30.8 Å². The number of rotatable bonds is 8. The number of nitro benzene ring substituents is 1. The molecule has 0 radical (unpaired) electrons. The summed E-state index contributed by atoms with van der Waals surface area (Å²) in [7, 11) is 3.02. The van der Waals surface area contributed by atoms with Crippen LogP contribution in [0.15, 0.2) is 42.5 Å². The number of non-ortho nitro benzene ring substituents is 1. The fourth-order valence-corrected chi connectivity index (χ4v) is 2.51. The number of quaternary nitrogens is 1. The number of nitrogens with zero attached hydrogens (tertiary/aromatic N) is 1. The molecule has 2 aromatic carbocycles. The molecule has 0 aliphatic rings. The SMILES string of the molecule is COc1cc([N+](=O)[O-])ccc1NC(=O)[C@@H](C)[NH+](C)CC(=O)Nc1ccc(F)cc1. The largest absolute Gasteiger partial charge is 0.494 e. The van der Waals surface area contributed by atoms with Gasteiger partial charge in [-0.15, -0.1) is 0 Å². The Kier molecular flexibility index (Phi) is 7.21. The second-order valence-electron chi connectivity index (χ2n) is 6.43. The minimum Gasteiger partial charge on any atom is -0.494 e. The number of amides is 2. The third-order valence-corrected chi connectivity index (χ3v) is 4.35. The van der Waals surface area contributed by atoms with Crippen molar-refractivity contribution in [1.29, 1.82) is 0 Å². The molecule has 2 amide bonds. The molecule has 154 valence electrons. The van der Waals surface area contributed by atoms with Crippen LogP contribution in [-0.4, -0.2) is 43.5 Å². The first-order valence-corrected chi connectivity index (χ1v) is 8.72. The van der Waals surface area contributed by atoms with Gasteiger partial charge < -0.3 is 20.3 Å². The van der Waals surface area contributed by atoms with Crippen molar-refractivity contribution < 1.29 is 28.5 Å². The predicted molar refractivity (Wildman–Crippen MR) is 105 cm³/mol. The van der Waals surface area contributed by atoms with Crippen LogP contribution < -0.4 is 20.3 Å². The summed E-state index contributed by atoms with van der Waals surface area (Å²) in [6, 6.07) is 8.62. The van der Waals surface area contributed by atoms with Crippen LogP contribution in [0.25, 0.3) is 0 Å². The van der Waals surface area contributed by atoms with Crippen molar-refractivity contribution in [3.05, 3.63) is 58.4 Å². The Morgan fingerprint density at radius 1 is 1.21 bits per heavy atom. The molecule has 0 bridgehead atoms. The molecular weight excluding hydrogens is 383 g/mol. The molecule has 2 atom stereocenters. The lowest BCUT2D eigenvalue weighted by molar-refractivity contribution is -0.885. The van der Waals surface area contributed by atoms with Gasteiger partial charge in [-0.1, -0.05) is 0 Å². The molecule has 0 aromatic heterocycles. The Labute approximate surface area is 166 Å². The van der Waals surface area contributed by atoms with Gasteiger partial charge in [-0.3, -0.25) is 19.7 Å². The summed E-state index contributed by atoms with van der Waals surface area (Å²) in [5.74, 6) is -0.963. The molecular formula is C19H22FN4O5+. The molecule has 0 aliphatic carbocycles. The summed E-state index contributed by atoms with van der Waals surface area (Å²) in [6.45, 7) is 1.65. The summed E-state index contributed by atoms with van der Waals surface area (Å²) in [5, 5.41) is 16.1. The van der Waals surface area contributed by atoms with Gasteiger partial charge in [0.25, 0.3) is 17.5 Å². The number of carbonyl (C=O) groups excluding carboxylic acids is 2. The van der Waals surface area contributed by atoms with Gasteiger partial charge in [-0.2, -0.15) is 0 Å². The fourth-order valence-electron chi connectivity index (χ4n) is 2.51. The second kappa shape index (κ2) is 9.60. The normalized spacial score (nSPS) is 12.6. The lowest BCUT2D eigenvalue weighted by Crippen LogP contribution is -3.14. The van der Waals surface area contributed by atoms with Gasteiger partial charge in [0.1, 0.15) is 11.6 Å². The molecule has 0 saturated heterocycles. The van der Waals surface area contributed by atoms with Crippen LogP contribution in [0, 0.1) is 15.9 Å². The Bertz CT molecular complexity index is 904. The topological polar surface area (TPSA) is 115 Å². The molecule has 2 aromatic rings. The standard InChI is InChI=1S/C19H21FN4O5/c1-12(23(2)11-18(25)21-14-6-4-13(20)5-7-14)19(26)22-16-9-8-15(24(27)28)10-17(16)29-3/h4-10,12H,11H2,1-3H3,(H,21,25)(H,22,26)/p+1/t12-/m1/s1. The molecule has 9 nitrogen and oxygen atoms in total. The van der Waals surface area contributed by atoms with E-state index in [9.17, 15) is 24.1 Å². The average molecular weight is 405 g/mol. The zero-order chi connectivity index (χ0) is 21.6. The molecule has 3 N–H and O–H groups in total. The number of nitro groups is 1. The monoisotopic (exact) mass is 405 g/mol. The van der Waals surface area contributed by atoms with Crippen molar-refractivity contribution in [2.45, 2.75) is 13.0 Å². The number of hydrogen-bond acceptors (Lipinski definition) is 5. The van der Waals surface area contributed by atoms with E-state index in [1.54, 1.807) is 14.0 Å². The Hall–Kier alpha value is -3.53. The van der Waals surface area contributed by atoms with E-state index >= 15 is 0 Å². The minimum atomic E-state index is -0.603. The van der Waals surface area contributed by atoms with E-state index in [1.807, 2.05) is 0 Å². The maximum absolute atomic E-state index is 12.9. The number of hydrogen-bond donors (Lipinski definition) is 3. The lowest BCUT2D eigenvalue weighted by Gasteiger charge is -2.21. The Balaban J connectivity index is 1.97. The summed E-state index contributed by atoms with van der Waals surface area (Å²) in [5.41, 5.74) is 0.587. The number of methoxy groups -OCH3 is 1. The summed E-state index contributed by atoms with van der Waals surface area (Å²) in [4.78, 5) is 35.6. The quantitative estimate of drug-likeness (QED) is 0.451. The first-order chi connectivity index (χ1) is 13.7. The zero-order valence-electron chi connectivity index (χ0n) is 16.2. The molecule has 0 spiro atoms. The second-order valence-corrected chi connectivity index (χ2v) is 6.43.